The van der Waals surface area contributed by atoms with E-state index in [-0.39, 0.29) is 18.4 Å². The Labute approximate surface area is 93.6 Å². The summed E-state index contributed by atoms with van der Waals surface area (Å²) in [5, 5.41) is 18.6. The predicted molar refractivity (Wildman–Crippen MR) is 58.2 cm³/mol. The molecule has 0 aliphatic rings. The minimum absolute atomic E-state index is 0.0104. The lowest BCUT2D eigenvalue weighted by Gasteiger charge is -2.07. The van der Waals surface area contributed by atoms with Gasteiger partial charge < -0.3 is 14.9 Å². The Kier molecular flexibility index (Phi) is 3.99. The molecule has 1 aromatic rings. The zero-order valence-electron chi connectivity index (χ0n) is 9.14. The van der Waals surface area contributed by atoms with Gasteiger partial charge in [-0.3, -0.25) is 4.57 Å². The van der Waals surface area contributed by atoms with Crippen molar-refractivity contribution < 1.29 is 19.7 Å². The van der Waals surface area contributed by atoms with Gasteiger partial charge in [0.15, 0.2) is 11.8 Å². The number of carbonyl (C=O) groups excluding carboxylic acids is 1. The third-order valence-electron chi connectivity index (χ3n) is 2.04. The molecule has 0 amide bonds. The molecule has 0 saturated heterocycles. The van der Waals surface area contributed by atoms with Gasteiger partial charge in [0.05, 0.1) is 6.61 Å². The van der Waals surface area contributed by atoms with Crippen LogP contribution in [0.5, 0.6) is 11.8 Å². The maximum absolute atomic E-state index is 11.0. The van der Waals surface area contributed by atoms with Crippen molar-refractivity contribution in [1.29, 1.82) is 0 Å². The van der Waals surface area contributed by atoms with Crippen molar-refractivity contribution in [2.24, 2.45) is 0 Å². The lowest BCUT2D eigenvalue weighted by molar-refractivity contribution is -0.139. The van der Waals surface area contributed by atoms with Crippen molar-refractivity contribution in [2.45, 2.75) is 19.9 Å². The second kappa shape index (κ2) is 5.25. The summed E-state index contributed by atoms with van der Waals surface area (Å²) < 4.78 is 6.19. The summed E-state index contributed by atoms with van der Waals surface area (Å²) in [6.07, 6.45) is 0.509. The first kappa shape index (κ1) is 12.2. The number of rotatable bonds is 5. The van der Waals surface area contributed by atoms with Crippen LogP contribution in [0.25, 0.3) is 0 Å². The van der Waals surface area contributed by atoms with Crippen molar-refractivity contribution in [3.05, 3.63) is 24.3 Å². The first-order valence-corrected chi connectivity index (χ1v) is 4.92. The molecule has 5 heteroatoms. The van der Waals surface area contributed by atoms with E-state index in [1.165, 1.54) is 16.7 Å². The summed E-state index contributed by atoms with van der Waals surface area (Å²) in [4.78, 5) is 11.0. The number of hydrogen-bond donors (Lipinski definition) is 2. The van der Waals surface area contributed by atoms with Crippen LogP contribution in [0.1, 0.15) is 13.3 Å². The molecule has 0 aliphatic heterocycles. The summed E-state index contributed by atoms with van der Waals surface area (Å²) in [6, 6.07) is 2.80. The van der Waals surface area contributed by atoms with Gasteiger partial charge in [0.2, 0.25) is 0 Å². The zero-order valence-corrected chi connectivity index (χ0v) is 9.14. The first-order chi connectivity index (χ1) is 7.52. The molecule has 5 nitrogen and oxygen atoms in total. The van der Waals surface area contributed by atoms with Crippen LogP contribution in [0.3, 0.4) is 0 Å². The molecule has 0 radical (unpaired) electrons. The van der Waals surface area contributed by atoms with E-state index in [1.807, 2.05) is 0 Å². The molecular weight excluding hydrogens is 210 g/mol. The number of hydrogen-bond acceptors (Lipinski definition) is 4. The fourth-order valence-electron chi connectivity index (χ4n) is 1.19. The summed E-state index contributed by atoms with van der Waals surface area (Å²) >= 11 is 0. The van der Waals surface area contributed by atoms with Gasteiger partial charge in [-0.05, 0) is 13.3 Å². The predicted octanol–water partition coefficient (Wildman–Crippen LogP) is 1.41. The van der Waals surface area contributed by atoms with Crippen molar-refractivity contribution in [3.8, 4) is 11.8 Å². The highest BCUT2D eigenvalue weighted by molar-refractivity contribution is 5.86. The van der Waals surface area contributed by atoms with E-state index in [1.54, 1.807) is 6.92 Å². The second-order valence-electron chi connectivity index (χ2n) is 3.47. The quantitative estimate of drug-likeness (QED) is 0.451. The third-order valence-corrected chi connectivity index (χ3v) is 2.04. The van der Waals surface area contributed by atoms with Gasteiger partial charge in [-0.1, -0.05) is 6.58 Å². The first-order valence-electron chi connectivity index (χ1n) is 4.92. The van der Waals surface area contributed by atoms with Crippen LogP contribution in [0.4, 0.5) is 0 Å². The number of nitrogens with zero attached hydrogens (tertiary/aromatic N) is 1. The van der Waals surface area contributed by atoms with Crippen molar-refractivity contribution in [2.75, 3.05) is 6.61 Å². The van der Waals surface area contributed by atoms with Gasteiger partial charge in [-0.25, -0.2) is 4.79 Å². The summed E-state index contributed by atoms with van der Waals surface area (Å²) in [6.45, 7) is 5.64. The number of esters is 1. The van der Waals surface area contributed by atoms with Gasteiger partial charge in [0, 0.05) is 24.3 Å². The number of carbonyl (C=O) groups is 1. The Morgan fingerprint density at radius 1 is 1.44 bits per heavy atom. The Bertz CT molecular complexity index is 375. The van der Waals surface area contributed by atoms with E-state index in [9.17, 15) is 15.0 Å². The van der Waals surface area contributed by atoms with Gasteiger partial charge in [0.25, 0.3) is 0 Å². The van der Waals surface area contributed by atoms with Crippen LogP contribution in [0.2, 0.25) is 0 Å². The fraction of sp³-hybridized carbons (Fsp3) is 0.364. The summed E-state index contributed by atoms with van der Waals surface area (Å²) in [7, 11) is 0. The average molecular weight is 225 g/mol. The molecule has 1 aromatic heterocycles. The van der Waals surface area contributed by atoms with Gasteiger partial charge in [-0.2, -0.15) is 0 Å². The highest BCUT2D eigenvalue weighted by Crippen LogP contribution is 2.20. The fourth-order valence-corrected chi connectivity index (χ4v) is 1.19. The standard InChI is InChI=1S/C11H15NO4/c1-8(2)11(15)16-7-3-6-12-9(13)4-5-10(12)14/h4-5,13-14H,1,3,6-7H2,2H3. The summed E-state index contributed by atoms with van der Waals surface area (Å²) in [5.74, 6) is -0.451. The molecule has 0 unspecified atom stereocenters. The average Bonchev–Trinajstić information content (AvgIpc) is 2.54. The second-order valence-corrected chi connectivity index (χ2v) is 3.47. The molecule has 16 heavy (non-hydrogen) atoms. The maximum Gasteiger partial charge on any atom is 0.333 e. The Morgan fingerprint density at radius 2 is 2.00 bits per heavy atom. The van der Waals surface area contributed by atoms with Gasteiger partial charge in [-0.15, -0.1) is 0 Å². The van der Waals surface area contributed by atoms with Gasteiger partial charge >= 0.3 is 5.97 Å². The smallest absolute Gasteiger partial charge is 0.333 e. The minimum atomic E-state index is -0.430. The van der Waals surface area contributed by atoms with Crippen molar-refractivity contribution >= 4 is 5.97 Å². The Morgan fingerprint density at radius 3 is 2.50 bits per heavy atom. The molecule has 88 valence electrons. The molecule has 0 bridgehead atoms. The van der Waals surface area contributed by atoms with Crippen LogP contribution in [-0.4, -0.2) is 27.4 Å². The van der Waals surface area contributed by atoms with Crippen molar-refractivity contribution in [3.63, 3.8) is 0 Å². The molecule has 0 spiro atoms. The molecule has 0 atom stereocenters. The van der Waals surface area contributed by atoms with E-state index in [0.717, 1.165) is 0 Å². The van der Waals surface area contributed by atoms with E-state index in [2.05, 4.69) is 6.58 Å². The highest BCUT2D eigenvalue weighted by atomic mass is 16.5. The Balaban J connectivity index is 2.31. The third kappa shape index (κ3) is 3.05. The molecular formula is C11H15NO4. The van der Waals surface area contributed by atoms with E-state index in [4.69, 9.17) is 4.74 Å². The number of aromatic hydroxyl groups is 2. The largest absolute Gasteiger partial charge is 0.494 e. The lowest BCUT2D eigenvalue weighted by atomic mass is 10.3. The molecule has 0 saturated carbocycles. The molecule has 0 fully saturated rings. The molecule has 0 aliphatic carbocycles. The Hall–Kier alpha value is -1.91. The SMILES string of the molecule is C=C(C)C(=O)OCCCn1c(O)ccc1O. The lowest BCUT2D eigenvalue weighted by Crippen LogP contribution is -2.08. The topological polar surface area (TPSA) is 71.7 Å². The normalized spacial score (nSPS) is 10.1. The summed E-state index contributed by atoms with van der Waals surface area (Å²) in [5.41, 5.74) is 0.353. The van der Waals surface area contributed by atoms with Crippen LogP contribution in [0, 0.1) is 0 Å². The van der Waals surface area contributed by atoms with E-state index in [0.29, 0.717) is 18.5 Å². The van der Waals surface area contributed by atoms with E-state index < -0.39 is 5.97 Å². The number of ether oxygens (including phenoxy) is 1. The molecule has 2 N–H and O–H groups in total. The van der Waals surface area contributed by atoms with Crippen LogP contribution in [0.15, 0.2) is 24.3 Å². The molecule has 0 aromatic carbocycles. The van der Waals surface area contributed by atoms with Crippen LogP contribution in [-0.2, 0) is 16.1 Å². The number of aromatic nitrogens is 1. The van der Waals surface area contributed by atoms with Crippen LogP contribution < -0.4 is 0 Å². The molecule has 1 rings (SSSR count). The van der Waals surface area contributed by atoms with Crippen LogP contribution >= 0.6 is 0 Å². The van der Waals surface area contributed by atoms with Crippen molar-refractivity contribution in [1.82, 2.24) is 4.57 Å². The highest BCUT2D eigenvalue weighted by Gasteiger charge is 2.06. The van der Waals surface area contributed by atoms with E-state index >= 15 is 0 Å². The minimum Gasteiger partial charge on any atom is -0.494 e. The monoisotopic (exact) mass is 225 g/mol. The molecule has 1 heterocycles. The zero-order chi connectivity index (χ0) is 12.1. The van der Waals surface area contributed by atoms with Gasteiger partial charge in [0.1, 0.15) is 0 Å². The maximum atomic E-state index is 11.0.